The highest BCUT2D eigenvalue weighted by atomic mass is 16.5. The molecule has 2 fully saturated rings. The minimum Gasteiger partial charge on any atom is -0.375 e. The van der Waals surface area contributed by atoms with Crippen molar-refractivity contribution in [3.8, 4) is 0 Å². The van der Waals surface area contributed by atoms with E-state index in [9.17, 15) is 0 Å². The van der Waals surface area contributed by atoms with E-state index >= 15 is 0 Å². The highest BCUT2D eigenvalue weighted by Crippen LogP contribution is 2.26. The summed E-state index contributed by atoms with van der Waals surface area (Å²) in [6.07, 6.45) is 5.96. The molecule has 2 aliphatic rings. The molecule has 2 atom stereocenters. The molecule has 0 N–H and O–H groups in total. The van der Waals surface area contributed by atoms with Crippen LogP contribution in [-0.4, -0.2) is 37.2 Å². The molecule has 2 heteroatoms. The fraction of sp³-hybridized carbons (Fsp3) is 1.00. The molecule has 2 nitrogen and oxygen atoms in total. The summed E-state index contributed by atoms with van der Waals surface area (Å²) in [7, 11) is 2.23. The van der Waals surface area contributed by atoms with Gasteiger partial charge in [0, 0.05) is 12.6 Å². The number of rotatable bonds is 0. The molecule has 1 aliphatic carbocycles. The summed E-state index contributed by atoms with van der Waals surface area (Å²) in [6.45, 7) is 2.07. The fourth-order valence-corrected chi connectivity index (χ4v) is 2.29. The van der Waals surface area contributed by atoms with Crippen molar-refractivity contribution in [3.63, 3.8) is 0 Å². The molecule has 0 amide bonds. The van der Waals surface area contributed by atoms with Gasteiger partial charge in [0.05, 0.1) is 12.7 Å². The van der Waals surface area contributed by atoms with Crippen molar-refractivity contribution in [1.82, 2.24) is 4.90 Å². The summed E-state index contributed by atoms with van der Waals surface area (Å²) in [4.78, 5) is 2.47. The number of nitrogens with zero attached hydrogens (tertiary/aromatic N) is 1. The first kappa shape index (κ1) is 7.56. The van der Waals surface area contributed by atoms with Gasteiger partial charge in [-0.2, -0.15) is 0 Å². The first-order valence-electron chi connectivity index (χ1n) is 4.70. The maximum Gasteiger partial charge on any atom is 0.0730 e. The predicted octanol–water partition coefficient (Wildman–Crippen LogP) is 1.26. The summed E-state index contributed by atoms with van der Waals surface area (Å²) in [5, 5.41) is 0. The maximum atomic E-state index is 5.71. The molecule has 1 saturated carbocycles. The molecular weight excluding hydrogens is 138 g/mol. The van der Waals surface area contributed by atoms with Crippen LogP contribution in [0.1, 0.15) is 25.7 Å². The lowest BCUT2D eigenvalue weighted by Crippen LogP contribution is -2.50. The minimum atomic E-state index is 0.558. The lowest BCUT2D eigenvalue weighted by Gasteiger charge is -2.41. The minimum absolute atomic E-state index is 0.558. The molecule has 11 heavy (non-hydrogen) atoms. The number of likely N-dealkylation sites (N-methyl/N-ethyl adjacent to an activating group) is 1. The smallest absolute Gasteiger partial charge is 0.0730 e. The Labute approximate surface area is 68.5 Å². The van der Waals surface area contributed by atoms with Crippen molar-refractivity contribution in [2.75, 3.05) is 20.2 Å². The molecule has 2 rings (SSSR count). The standard InChI is InChI=1S/C9H17NO/c1-10-6-7-11-9-5-3-2-4-8(9)10/h8-9H,2-7H2,1H3/t8-,9+/m0/s1. The third kappa shape index (κ3) is 1.42. The van der Waals surface area contributed by atoms with E-state index < -0.39 is 0 Å². The van der Waals surface area contributed by atoms with Crippen molar-refractivity contribution >= 4 is 0 Å². The number of hydrogen-bond donors (Lipinski definition) is 0. The Morgan fingerprint density at radius 1 is 1.27 bits per heavy atom. The topological polar surface area (TPSA) is 12.5 Å². The molecule has 1 saturated heterocycles. The van der Waals surface area contributed by atoms with Gasteiger partial charge in [0.15, 0.2) is 0 Å². The Bertz CT molecular complexity index is 136. The van der Waals surface area contributed by atoms with Gasteiger partial charge >= 0.3 is 0 Å². The number of hydrogen-bond acceptors (Lipinski definition) is 2. The average Bonchev–Trinajstić information content (AvgIpc) is 2.06. The van der Waals surface area contributed by atoms with E-state index in [0.29, 0.717) is 6.10 Å². The predicted molar refractivity (Wildman–Crippen MR) is 44.6 cm³/mol. The molecule has 0 spiro atoms. The van der Waals surface area contributed by atoms with Gasteiger partial charge in [0.1, 0.15) is 0 Å². The molecule has 0 aromatic carbocycles. The highest BCUT2D eigenvalue weighted by Gasteiger charge is 2.31. The second-order valence-electron chi connectivity index (χ2n) is 3.74. The monoisotopic (exact) mass is 155 g/mol. The molecule has 0 bridgehead atoms. The summed E-state index contributed by atoms with van der Waals surface area (Å²) >= 11 is 0. The quantitative estimate of drug-likeness (QED) is 0.522. The van der Waals surface area contributed by atoms with E-state index in [2.05, 4.69) is 11.9 Å². The van der Waals surface area contributed by atoms with Crippen LogP contribution >= 0.6 is 0 Å². The molecular formula is C9H17NO. The lowest BCUT2D eigenvalue weighted by atomic mass is 9.90. The molecule has 0 radical (unpaired) electrons. The van der Waals surface area contributed by atoms with E-state index in [0.717, 1.165) is 19.2 Å². The Balaban J connectivity index is 1.99. The molecule has 1 heterocycles. The third-order valence-corrected chi connectivity index (χ3v) is 3.01. The average molecular weight is 155 g/mol. The highest BCUT2D eigenvalue weighted by molar-refractivity contribution is 4.85. The van der Waals surface area contributed by atoms with E-state index in [1.165, 1.54) is 25.7 Å². The van der Waals surface area contributed by atoms with Gasteiger partial charge < -0.3 is 4.74 Å². The first-order chi connectivity index (χ1) is 5.38. The zero-order valence-electron chi connectivity index (χ0n) is 7.25. The summed E-state index contributed by atoms with van der Waals surface area (Å²) in [5.74, 6) is 0. The van der Waals surface area contributed by atoms with Crippen LogP contribution in [0, 0.1) is 0 Å². The van der Waals surface area contributed by atoms with Crippen LogP contribution in [0.2, 0.25) is 0 Å². The second-order valence-corrected chi connectivity index (χ2v) is 3.74. The molecule has 0 aromatic heterocycles. The van der Waals surface area contributed by atoms with Crippen molar-refractivity contribution in [2.24, 2.45) is 0 Å². The van der Waals surface area contributed by atoms with Gasteiger partial charge in [-0.15, -0.1) is 0 Å². The Morgan fingerprint density at radius 3 is 2.91 bits per heavy atom. The molecule has 0 unspecified atom stereocenters. The van der Waals surface area contributed by atoms with Crippen LogP contribution < -0.4 is 0 Å². The van der Waals surface area contributed by atoms with Crippen molar-refractivity contribution in [2.45, 2.75) is 37.8 Å². The summed E-state index contributed by atoms with van der Waals surface area (Å²) < 4.78 is 5.71. The zero-order valence-corrected chi connectivity index (χ0v) is 7.25. The SMILES string of the molecule is CN1CCO[C@@H]2CCCC[C@@H]21. The number of ether oxygens (including phenoxy) is 1. The first-order valence-corrected chi connectivity index (χ1v) is 4.70. The number of fused-ring (bicyclic) bond motifs is 1. The van der Waals surface area contributed by atoms with Crippen LogP contribution in [0.15, 0.2) is 0 Å². The Hall–Kier alpha value is -0.0800. The van der Waals surface area contributed by atoms with Crippen molar-refractivity contribution < 1.29 is 4.74 Å². The lowest BCUT2D eigenvalue weighted by molar-refractivity contribution is -0.0788. The van der Waals surface area contributed by atoms with E-state index in [1.807, 2.05) is 0 Å². The third-order valence-electron chi connectivity index (χ3n) is 3.01. The van der Waals surface area contributed by atoms with Crippen LogP contribution in [0.3, 0.4) is 0 Å². The maximum absolute atomic E-state index is 5.71. The molecule has 0 aromatic rings. The van der Waals surface area contributed by atoms with Crippen LogP contribution in [-0.2, 0) is 4.74 Å². The molecule has 64 valence electrons. The molecule has 1 aliphatic heterocycles. The van der Waals surface area contributed by atoms with Crippen LogP contribution in [0.25, 0.3) is 0 Å². The zero-order chi connectivity index (χ0) is 7.68. The summed E-state index contributed by atoms with van der Waals surface area (Å²) in [5.41, 5.74) is 0. The van der Waals surface area contributed by atoms with E-state index in [-0.39, 0.29) is 0 Å². The summed E-state index contributed by atoms with van der Waals surface area (Å²) in [6, 6.07) is 0.734. The fourth-order valence-electron chi connectivity index (χ4n) is 2.29. The second kappa shape index (κ2) is 3.11. The largest absolute Gasteiger partial charge is 0.375 e. The Kier molecular flexibility index (Phi) is 2.14. The van der Waals surface area contributed by atoms with Crippen molar-refractivity contribution in [3.05, 3.63) is 0 Å². The van der Waals surface area contributed by atoms with Gasteiger partial charge in [0.25, 0.3) is 0 Å². The normalized spacial score (nSPS) is 40.1. The Morgan fingerprint density at radius 2 is 2.09 bits per heavy atom. The van der Waals surface area contributed by atoms with Gasteiger partial charge in [-0.1, -0.05) is 12.8 Å². The number of morpholine rings is 1. The van der Waals surface area contributed by atoms with Gasteiger partial charge in [-0.3, -0.25) is 4.90 Å². The van der Waals surface area contributed by atoms with E-state index in [1.54, 1.807) is 0 Å². The van der Waals surface area contributed by atoms with Crippen LogP contribution in [0.5, 0.6) is 0 Å². The van der Waals surface area contributed by atoms with Gasteiger partial charge in [0.2, 0.25) is 0 Å². The van der Waals surface area contributed by atoms with Crippen LogP contribution in [0.4, 0.5) is 0 Å². The van der Waals surface area contributed by atoms with E-state index in [4.69, 9.17) is 4.74 Å². The van der Waals surface area contributed by atoms with Crippen molar-refractivity contribution in [1.29, 1.82) is 0 Å². The van der Waals surface area contributed by atoms with Gasteiger partial charge in [-0.25, -0.2) is 0 Å². The van der Waals surface area contributed by atoms with Gasteiger partial charge in [-0.05, 0) is 19.9 Å².